The summed E-state index contributed by atoms with van der Waals surface area (Å²) >= 11 is 5.67. The van der Waals surface area contributed by atoms with Crippen LogP contribution in [0.25, 0.3) is 0 Å². The van der Waals surface area contributed by atoms with Crippen LogP contribution in [0.15, 0.2) is 23.2 Å². The lowest BCUT2D eigenvalue weighted by Gasteiger charge is -2.20. The molecule has 1 heterocycles. The van der Waals surface area contributed by atoms with Crippen LogP contribution in [0, 0.1) is 0 Å². The van der Waals surface area contributed by atoms with E-state index in [0.717, 1.165) is 25.7 Å². The number of aromatic nitrogens is 1. The molecule has 1 fully saturated rings. The summed E-state index contributed by atoms with van der Waals surface area (Å²) in [5.74, 6) is 0. The first-order valence-corrected chi connectivity index (χ1v) is 8.58. The second-order valence-electron chi connectivity index (χ2n) is 4.98. The van der Waals surface area contributed by atoms with E-state index in [1.54, 1.807) is 0 Å². The maximum absolute atomic E-state index is 12.2. The summed E-state index contributed by atoms with van der Waals surface area (Å²) in [5, 5.41) is 0.296. The Kier molecular flexibility index (Phi) is 5.19. The van der Waals surface area contributed by atoms with Crippen molar-refractivity contribution < 1.29 is 8.42 Å². The fourth-order valence-electron chi connectivity index (χ4n) is 2.38. The standard InChI is InChI=1S/C13H19ClN2O2S/c14-13-9-8-12(10-15-13)19(17,18)16-11-6-4-2-1-3-5-7-11/h8-11,16H,1-7H2. The van der Waals surface area contributed by atoms with Crippen LogP contribution in [0.3, 0.4) is 0 Å². The van der Waals surface area contributed by atoms with Gasteiger partial charge in [0.25, 0.3) is 0 Å². The Bertz CT molecular complexity index is 494. The van der Waals surface area contributed by atoms with Gasteiger partial charge >= 0.3 is 0 Å². The zero-order valence-electron chi connectivity index (χ0n) is 10.8. The van der Waals surface area contributed by atoms with Gasteiger partial charge in [-0.1, -0.05) is 43.7 Å². The van der Waals surface area contributed by atoms with Gasteiger partial charge in [0.1, 0.15) is 10.0 Å². The van der Waals surface area contributed by atoms with Crippen molar-refractivity contribution in [3.63, 3.8) is 0 Å². The van der Waals surface area contributed by atoms with Crippen molar-refractivity contribution in [3.8, 4) is 0 Å². The monoisotopic (exact) mass is 302 g/mol. The number of rotatable bonds is 3. The minimum atomic E-state index is -3.48. The molecule has 0 unspecified atom stereocenters. The lowest BCUT2D eigenvalue weighted by Crippen LogP contribution is -2.35. The molecule has 0 bridgehead atoms. The van der Waals surface area contributed by atoms with E-state index in [1.807, 2.05) is 0 Å². The van der Waals surface area contributed by atoms with Crippen molar-refractivity contribution in [1.82, 2.24) is 9.71 Å². The molecule has 1 aromatic heterocycles. The van der Waals surface area contributed by atoms with Crippen molar-refractivity contribution in [2.24, 2.45) is 0 Å². The molecule has 0 spiro atoms. The molecule has 0 amide bonds. The van der Waals surface area contributed by atoms with Crippen molar-refractivity contribution in [2.45, 2.75) is 55.9 Å². The zero-order chi connectivity index (χ0) is 13.7. The van der Waals surface area contributed by atoms with Crippen molar-refractivity contribution in [3.05, 3.63) is 23.5 Å². The molecular weight excluding hydrogens is 284 g/mol. The second kappa shape index (κ2) is 6.68. The Morgan fingerprint density at radius 3 is 2.32 bits per heavy atom. The average molecular weight is 303 g/mol. The van der Waals surface area contributed by atoms with E-state index in [-0.39, 0.29) is 10.9 Å². The normalized spacial score (nSPS) is 18.8. The van der Waals surface area contributed by atoms with Crippen molar-refractivity contribution >= 4 is 21.6 Å². The van der Waals surface area contributed by atoms with Gasteiger partial charge in [0, 0.05) is 12.2 Å². The van der Waals surface area contributed by atoms with Gasteiger partial charge in [-0.15, -0.1) is 0 Å². The number of hydrogen-bond acceptors (Lipinski definition) is 3. The third-order valence-electron chi connectivity index (χ3n) is 3.44. The Morgan fingerprint density at radius 1 is 1.11 bits per heavy atom. The fourth-order valence-corrected chi connectivity index (χ4v) is 3.74. The van der Waals surface area contributed by atoms with E-state index in [1.165, 1.54) is 37.6 Å². The van der Waals surface area contributed by atoms with Crippen LogP contribution in [0.4, 0.5) is 0 Å². The Hall–Kier alpha value is -0.650. The highest BCUT2D eigenvalue weighted by molar-refractivity contribution is 7.89. The van der Waals surface area contributed by atoms with Gasteiger partial charge in [-0.2, -0.15) is 0 Å². The molecule has 1 N–H and O–H groups in total. The quantitative estimate of drug-likeness (QED) is 0.873. The minimum Gasteiger partial charge on any atom is -0.243 e. The van der Waals surface area contributed by atoms with Crippen LogP contribution in [0.1, 0.15) is 44.9 Å². The average Bonchev–Trinajstić information content (AvgIpc) is 2.33. The number of pyridine rings is 1. The predicted octanol–water partition coefficient (Wildman–Crippen LogP) is 3.13. The molecule has 0 aromatic carbocycles. The molecule has 0 atom stereocenters. The molecule has 1 saturated carbocycles. The van der Waals surface area contributed by atoms with Crippen LogP contribution in [0.2, 0.25) is 5.15 Å². The van der Waals surface area contributed by atoms with Crippen LogP contribution in [-0.4, -0.2) is 19.4 Å². The molecular formula is C13H19ClN2O2S. The molecule has 2 rings (SSSR count). The molecule has 1 aliphatic rings. The SMILES string of the molecule is O=S(=O)(NC1CCCCCCC1)c1ccc(Cl)nc1. The Morgan fingerprint density at radius 2 is 1.74 bits per heavy atom. The van der Waals surface area contributed by atoms with E-state index in [4.69, 9.17) is 11.6 Å². The largest absolute Gasteiger partial charge is 0.243 e. The first-order valence-electron chi connectivity index (χ1n) is 6.72. The van der Waals surface area contributed by atoms with Crippen molar-refractivity contribution in [2.75, 3.05) is 0 Å². The van der Waals surface area contributed by atoms with Gasteiger partial charge in [-0.3, -0.25) is 0 Å². The molecule has 0 aliphatic heterocycles. The third-order valence-corrected chi connectivity index (χ3v) is 5.17. The van der Waals surface area contributed by atoms with Gasteiger partial charge in [-0.05, 0) is 25.0 Å². The lowest BCUT2D eigenvalue weighted by atomic mass is 9.97. The topological polar surface area (TPSA) is 59.1 Å². The Labute approximate surface area is 119 Å². The first kappa shape index (κ1) is 14.8. The molecule has 0 radical (unpaired) electrons. The summed E-state index contributed by atoms with van der Waals surface area (Å²) in [6.07, 6.45) is 8.97. The number of halogens is 1. The molecule has 4 nitrogen and oxygen atoms in total. The summed E-state index contributed by atoms with van der Waals surface area (Å²) in [6.45, 7) is 0. The first-order chi connectivity index (χ1) is 9.08. The smallest absolute Gasteiger partial charge is 0.242 e. The molecule has 1 aliphatic carbocycles. The molecule has 1 aromatic rings. The summed E-state index contributed by atoms with van der Waals surface area (Å²) in [4.78, 5) is 4.00. The van der Waals surface area contributed by atoms with E-state index in [2.05, 4.69) is 9.71 Å². The fraction of sp³-hybridized carbons (Fsp3) is 0.615. The van der Waals surface area contributed by atoms with Crippen molar-refractivity contribution in [1.29, 1.82) is 0 Å². The van der Waals surface area contributed by atoms with Gasteiger partial charge in [0.2, 0.25) is 10.0 Å². The number of sulfonamides is 1. The highest BCUT2D eigenvalue weighted by Crippen LogP contribution is 2.19. The van der Waals surface area contributed by atoms with Crippen LogP contribution in [-0.2, 0) is 10.0 Å². The summed E-state index contributed by atoms with van der Waals surface area (Å²) in [7, 11) is -3.48. The van der Waals surface area contributed by atoms with E-state index in [0.29, 0.717) is 5.15 Å². The van der Waals surface area contributed by atoms with Gasteiger partial charge in [0.05, 0.1) is 0 Å². The van der Waals surface area contributed by atoms with Gasteiger partial charge < -0.3 is 0 Å². The van der Waals surface area contributed by atoms with Crippen LogP contribution < -0.4 is 4.72 Å². The van der Waals surface area contributed by atoms with Crippen LogP contribution in [0.5, 0.6) is 0 Å². The van der Waals surface area contributed by atoms with Gasteiger partial charge in [0.15, 0.2) is 0 Å². The summed E-state index contributed by atoms with van der Waals surface area (Å²) in [5.41, 5.74) is 0. The maximum atomic E-state index is 12.2. The highest BCUT2D eigenvalue weighted by Gasteiger charge is 2.20. The molecule has 106 valence electrons. The molecule has 6 heteroatoms. The predicted molar refractivity (Wildman–Crippen MR) is 75.7 cm³/mol. The summed E-state index contributed by atoms with van der Waals surface area (Å²) in [6, 6.07) is 3.02. The third kappa shape index (κ3) is 4.44. The lowest BCUT2D eigenvalue weighted by molar-refractivity contribution is 0.426. The molecule has 19 heavy (non-hydrogen) atoms. The maximum Gasteiger partial charge on any atom is 0.242 e. The number of hydrogen-bond donors (Lipinski definition) is 1. The minimum absolute atomic E-state index is 0.0426. The van der Waals surface area contributed by atoms with E-state index >= 15 is 0 Å². The zero-order valence-corrected chi connectivity index (χ0v) is 12.4. The summed E-state index contributed by atoms with van der Waals surface area (Å²) < 4.78 is 27.2. The van der Waals surface area contributed by atoms with E-state index in [9.17, 15) is 8.42 Å². The van der Waals surface area contributed by atoms with E-state index < -0.39 is 10.0 Å². The Balaban J connectivity index is 2.05. The second-order valence-corrected chi connectivity index (χ2v) is 7.08. The molecule has 0 saturated heterocycles. The van der Waals surface area contributed by atoms with Crippen LogP contribution >= 0.6 is 11.6 Å². The number of nitrogens with one attached hydrogen (secondary N) is 1. The van der Waals surface area contributed by atoms with Gasteiger partial charge in [-0.25, -0.2) is 18.1 Å². The highest BCUT2D eigenvalue weighted by atomic mass is 35.5. The number of nitrogens with zero attached hydrogens (tertiary/aromatic N) is 1.